The van der Waals surface area contributed by atoms with Crippen molar-refractivity contribution in [3.05, 3.63) is 136 Å². The molecule has 238 valence electrons. The Morgan fingerprint density at radius 2 is 1.57 bits per heavy atom. The number of methoxy groups -OCH3 is 1. The molecule has 2 N–H and O–H groups in total. The van der Waals surface area contributed by atoms with Crippen molar-refractivity contribution in [2.24, 2.45) is 0 Å². The van der Waals surface area contributed by atoms with Gasteiger partial charge in [-0.3, -0.25) is 9.53 Å². The maximum Gasteiger partial charge on any atom is 0.323 e. The number of hydrogen-bond acceptors (Lipinski definition) is 6. The molecular formula is C35H34ClN4O4S2-. The Morgan fingerprint density at radius 1 is 0.935 bits per heavy atom. The van der Waals surface area contributed by atoms with Crippen LogP contribution in [-0.4, -0.2) is 44.9 Å². The normalized spacial score (nSPS) is 11.7. The first-order valence-electron chi connectivity index (χ1n) is 14.8. The van der Waals surface area contributed by atoms with Gasteiger partial charge in [0.25, 0.3) is 0 Å². The molecule has 1 atom stereocenters. The van der Waals surface area contributed by atoms with Crippen molar-refractivity contribution < 1.29 is 18.3 Å². The monoisotopic (exact) mass is 673 g/mol. The summed E-state index contributed by atoms with van der Waals surface area (Å²) in [6.45, 7) is 1.16. The number of carbonyl (C=O) groups excluding carboxylic acids is 1. The smallest absolute Gasteiger partial charge is 0.323 e. The van der Waals surface area contributed by atoms with Crippen molar-refractivity contribution in [3.8, 4) is 17.0 Å². The molecule has 0 radical (unpaired) electrons. The highest BCUT2D eigenvalue weighted by Crippen LogP contribution is 2.36. The molecule has 1 unspecified atom stereocenters. The van der Waals surface area contributed by atoms with Crippen molar-refractivity contribution in [2.45, 2.75) is 25.3 Å². The van der Waals surface area contributed by atoms with Gasteiger partial charge in [-0.05, 0) is 41.2 Å². The minimum atomic E-state index is -2.34. The van der Waals surface area contributed by atoms with E-state index in [9.17, 15) is 13.6 Å². The van der Waals surface area contributed by atoms with Gasteiger partial charge < -0.3 is 14.2 Å². The SMILES string of the molecule is COc1ccccc1CCN(CCC(c1ccccc1)c1ccccc1)C(=O)Nc1nc(-c2ccc(CNS(=O)[O-])cc2)c(Cl)s1. The summed E-state index contributed by atoms with van der Waals surface area (Å²) in [5.74, 6) is 0.894. The zero-order valence-electron chi connectivity index (χ0n) is 25.2. The number of para-hydroxylation sites is 1. The maximum atomic E-state index is 13.9. The average molecular weight is 674 g/mol. The standard InChI is InChI=1S/C35H35ClN4O4S2/c1-44-31-15-9-8-14-28(31)20-22-40(23-21-30(26-10-4-2-5-11-26)27-12-6-3-7-13-27)35(41)39-34-38-32(33(36)45-34)29-18-16-25(17-19-29)24-37-46(42)43/h2-19,30,37H,20-24H2,1H3,(H,42,43)(H,38,39,41)/p-1. The first-order chi connectivity index (χ1) is 22.4. The second kappa shape index (κ2) is 16.5. The van der Waals surface area contributed by atoms with Gasteiger partial charge in [0, 0.05) is 42.4 Å². The number of nitrogens with one attached hydrogen (secondary N) is 2. The number of nitrogens with zero attached hydrogens (tertiary/aromatic N) is 2. The summed E-state index contributed by atoms with van der Waals surface area (Å²) in [6, 6.07) is 35.5. The predicted molar refractivity (Wildman–Crippen MR) is 185 cm³/mol. The molecule has 46 heavy (non-hydrogen) atoms. The van der Waals surface area contributed by atoms with E-state index in [1.807, 2.05) is 77.7 Å². The number of anilines is 1. The maximum absolute atomic E-state index is 13.9. The quantitative estimate of drug-likeness (QED) is 0.118. The molecule has 0 spiro atoms. The number of ether oxygens (including phenoxy) is 1. The van der Waals surface area contributed by atoms with E-state index in [0.717, 1.165) is 28.9 Å². The van der Waals surface area contributed by atoms with Gasteiger partial charge in [0.1, 0.15) is 15.8 Å². The lowest BCUT2D eigenvalue weighted by molar-refractivity contribution is 0.210. The van der Waals surface area contributed by atoms with Crippen LogP contribution in [0.15, 0.2) is 109 Å². The first-order valence-corrected chi connectivity index (χ1v) is 17.0. The third-order valence-corrected chi connectivity index (χ3v) is 9.19. The minimum absolute atomic E-state index is 0.108. The van der Waals surface area contributed by atoms with Crippen molar-refractivity contribution >= 4 is 45.4 Å². The molecule has 0 saturated heterocycles. The van der Waals surface area contributed by atoms with Gasteiger partial charge in [0.05, 0.1) is 7.11 Å². The number of hydrogen-bond donors (Lipinski definition) is 2. The Kier molecular flexibility index (Phi) is 11.9. The minimum Gasteiger partial charge on any atom is -0.760 e. The molecule has 11 heteroatoms. The predicted octanol–water partition coefficient (Wildman–Crippen LogP) is 7.65. The number of urea groups is 1. The van der Waals surface area contributed by atoms with E-state index in [-0.39, 0.29) is 18.5 Å². The van der Waals surface area contributed by atoms with Crippen LogP contribution in [0.3, 0.4) is 0 Å². The van der Waals surface area contributed by atoms with Crippen molar-refractivity contribution in [2.75, 3.05) is 25.5 Å². The molecule has 1 aromatic heterocycles. The van der Waals surface area contributed by atoms with Gasteiger partial charge in [-0.15, -0.1) is 0 Å². The third kappa shape index (κ3) is 9.02. The van der Waals surface area contributed by atoms with Crippen LogP contribution in [0.5, 0.6) is 5.75 Å². The lowest BCUT2D eigenvalue weighted by atomic mass is 9.88. The van der Waals surface area contributed by atoms with Crippen LogP contribution in [0.25, 0.3) is 11.3 Å². The summed E-state index contributed by atoms with van der Waals surface area (Å²) < 4.78 is 30.0. The van der Waals surface area contributed by atoms with Crippen LogP contribution in [-0.2, 0) is 24.2 Å². The number of carbonyl (C=O) groups is 1. The van der Waals surface area contributed by atoms with E-state index in [4.69, 9.17) is 16.3 Å². The molecule has 0 aliphatic rings. The molecule has 0 aliphatic heterocycles. The second-order valence-corrected chi connectivity index (χ2v) is 12.9. The number of aromatic nitrogens is 1. The number of amides is 2. The molecule has 1 heterocycles. The molecule has 0 aliphatic carbocycles. The van der Waals surface area contributed by atoms with Crippen molar-refractivity contribution in [1.82, 2.24) is 14.6 Å². The summed E-state index contributed by atoms with van der Waals surface area (Å²) in [7, 11) is 1.65. The Balaban J connectivity index is 1.34. The topological polar surface area (TPSA) is 107 Å². The highest BCUT2D eigenvalue weighted by molar-refractivity contribution is 7.77. The molecule has 2 amide bonds. The summed E-state index contributed by atoms with van der Waals surface area (Å²) in [5, 5.41) is 3.38. The Labute approximate surface area is 280 Å². The molecule has 8 nitrogen and oxygen atoms in total. The highest BCUT2D eigenvalue weighted by atomic mass is 35.5. The fourth-order valence-electron chi connectivity index (χ4n) is 5.29. The number of thiazole rings is 1. The molecule has 5 rings (SSSR count). The lowest BCUT2D eigenvalue weighted by Crippen LogP contribution is -2.38. The van der Waals surface area contributed by atoms with Gasteiger partial charge in [-0.1, -0.05) is 126 Å². The Morgan fingerprint density at radius 3 is 2.20 bits per heavy atom. The molecule has 0 saturated carbocycles. The van der Waals surface area contributed by atoms with Crippen molar-refractivity contribution in [1.29, 1.82) is 0 Å². The zero-order chi connectivity index (χ0) is 32.3. The molecule has 5 aromatic rings. The van der Waals surface area contributed by atoms with Gasteiger partial charge in [0.2, 0.25) is 0 Å². The average Bonchev–Trinajstić information content (AvgIpc) is 3.45. The second-order valence-electron chi connectivity index (χ2n) is 10.5. The van der Waals surface area contributed by atoms with Gasteiger partial charge in [-0.25, -0.2) is 14.5 Å². The Hall–Kier alpha value is -4.06. The van der Waals surface area contributed by atoms with E-state index in [1.54, 1.807) is 19.2 Å². The van der Waals surface area contributed by atoms with Crippen LogP contribution < -0.4 is 14.8 Å². The summed E-state index contributed by atoms with van der Waals surface area (Å²) >= 11 is 5.44. The fourth-order valence-corrected chi connectivity index (χ4v) is 6.65. The van der Waals surface area contributed by atoms with E-state index in [2.05, 4.69) is 39.3 Å². The fraction of sp³-hybridized carbons (Fsp3) is 0.200. The van der Waals surface area contributed by atoms with E-state index >= 15 is 0 Å². The summed E-state index contributed by atoms with van der Waals surface area (Å²) in [5.41, 5.74) is 5.50. The van der Waals surface area contributed by atoms with E-state index in [0.29, 0.717) is 34.7 Å². The van der Waals surface area contributed by atoms with Gasteiger partial charge >= 0.3 is 6.03 Å². The van der Waals surface area contributed by atoms with E-state index in [1.165, 1.54) is 22.5 Å². The lowest BCUT2D eigenvalue weighted by Gasteiger charge is -2.26. The van der Waals surface area contributed by atoms with E-state index < -0.39 is 11.3 Å². The Bertz CT molecular complexity index is 1700. The van der Waals surface area contributed by atoms with Gasteiger partial charge in [-0.2, -0.15) is 0 Å². The largest absolute Gasteiger partial charge is 0.760 e. The third-order valence-electron chi connectivity index (χ3n) is 7.64. The van der Waals surface area contributed by atoms with Crippen LogP contribution in [0.4, 0.5) is 9.93 Å². The number of halogens is 1. The zero-order valence-corrected chi connectivity index (χ0v) is 27.6. The first kappa shape index (κ1) is 33.3. The van der Waals surface area contributed by atoms with Crippen LogP contribution in [0.1, 0.15) is 34.6 Å². The molecule has 0 fully saturated rings. The highest BCUT2D eigenvalue weighted by Gasteiger charge is 2.21. The summed E-state index contributed by atoms with van der Waals surface area (Å²) in [4.78, 5) is 20.3. The van der Waals surface area contributed by atoms with Gasteiger partial charge in [0.15, 0.2) is 5.13 Å². The summed E-state index contributed by atoms with van der Waals surface area (Å²) in [6.07, 6.45) is 1.34. The number of benzene rings is 4. The molecule has 4 aromatic carbocycles. The van der Waals surface area contributed by atoms with Crippen LogP contribution >= 0.6 is 22.9 Å². The van der Waals surface area contributed by atoms with Crippen LogP contribution in [0, 0.1) is 0 Å². The number of rotatable bonds is 14. The van der Waals surface area contributed by atoms with Crippen molar-refractivity contribution in [3.63, 3.8) is 0 Å². The van der Waals surface area contributed by atoms with Crippen LogP contribution in [0.2, 0.25) is 4.34 Å². The molecule has 0 bridgehead atoms. The molecular weight excluding hydrogens is 640 g/mol.